The van der Waals surface area contributed by atoms with Crippen LogP contribution in [0.2, 0.25) is 0 Å². The monoisotopic (exact) mass is 242 g/mol. The standard InChI is InChI=1S/C16H22N2/c1-18(14-16-9-5-11-17-13-16)12-6-10-15-7-3-2-4-8-15/h2-4,7-8,16-17H,5,9,11-14H2,1H3. The molecule has 0 radical (unpaired) electrons. The van der Waals surface area contributed by atoms with Crippen molar-refractivity contribution < 1.29 is 0 Å². The van der Waals surface area contributed by atoms with Gasteiger partial charge >= 0.3 is 0 Å². The Morgan fingerprint density at radius 2 is 2.17 bits per heavy atom. The van der Waals surface area contributed by atoms with Gasteiger partial charge in [-0.1, -0.05) is 30.0 Å². The van der Waals surface area contributed by atoms with Gasteiger partial charge in [-0.3, -0.25) is 4.90 Å². The van der Waals surface area contributed by atoms with Gasteiger partial charge < -0.3 is 5.32 Å². The fraction of sp³-hybridized carbons (Fsp3) is 0.500. The van der Waals surface area contributed by atoms with Crippen LogP contribution in [0.5, 0.6) is 0 Å². The zero-order valence-electron chi connectivity index (χ0n) is 11.2. The average Bonchev–Trinajstić information content (AvgIpc) is 2.41. The lowest BCUT2D eigenvalue weighted by Crippen LogP contribution is -2.36. The Morgan fingerprint density at radius 1 is 1.33 bits per heavy atom. The second-order valence-electron chi connectivity index (χ2n) is 5.08. The van der Waals surface area contributed by atoms with Crippen molar-refractivity contribution in [2.75, 3.05) is 33.2 Å². The molecule has 1 unspecified atom stereocenters. The van der Waals surface area contributed by atoms with E-state index in [-0.39, 0.29) is 0 Å². The Labute approximate surface area is 110 Å². The number of benzene rings is 1. The number of piperidine rings is 1. The Kier molecular flexibility index (Phi) is 5.26. The van der Waals surface area contributed by atoms with Crippen molar-refractivity contribution in [1.29, 1.82) is 0 Å². The van der Waals surface area contributed by atoms with Crippen LogP contribution in [0.1, 0.15) is 18.4 Å². The Hall–Kier alpha value is -1.30. The first-order valence-electron chi connectivity index (χ1n) is 6.78. The highest BCUT2D eigenvalue weighted by Gasteiger charge is 2.14. The molecule has 1 saturated heterocycles. The summed E-state index contributed by atoms with van der Waals surface area (Å²) in [4.78, 5) is 2.33. The molecule has 1 aromatic rings. The highest BCUT2D eigenvalue weighted by Crippen LogP contribution is 2.10. The van der Waals surface area contributed by atoms with E-state index in [1.807, 2.05) is 18.2 Å². The third-order valence-electron chi connectivity index (χ3n) is 3.32. The molecule has 96 valence electrons. The Morgan fingerprint density at radius 3 is 2.89 bits per heavy atom. The van der Waals surface area contributed by atoms with Crippen molar-refractivity contribution in [1.82, 2.24) is 10.2 Å². The molecule has 0 aliphatic carbocycles. The van der Waals surface area contributed by atoms with Crippen LogP contribution < -0.4 is 5.32 Å². The molecular weight excluding hydrogens is 220 g/mol. The lowest BCUT2D eigenvalue weighted by molar-refractivity contribution is 0.262. The molecular formula is C16H22N2. The lowest BCUT2D eigenvalue weighted by Gasteiger charge is -2.26. The van der Waals surface area contributed by atoms with Gasteiger partial charge in [0.25, 0.3) is 0 Å². The highest BCUT2D eigenvalue weighted by molar-refractivity contribution is 5.33. The highest BCUT2D eigenvalue weighted by atomic mass is 15.1. The topological polar surface area (TPSA) is 15.3 Å². The molecule has 1 atom stereocenters. The number of hydrogen-bond acceptors (Lipinski definition) is 2. The maximum Gasteiger partial charge on any atom is 0.0602 e. The van der Waals surface area contributed by atoms with E-state index in [4.69, 9.17) is 0 Å². The third kappa shape index (κ3) is 4.52. The van der Waals surface area contributed by atoms with Gasteiger partial charge in [0, 0.05) is 12.1 Å². The quantitative estimate of drug-likeness (QED) is 0.815. The minimum Gasteiger partial charge on any atom is -0.316 e. The largest absolute Gasteiger partial charge is 0.316 e. The average molecular weight is 242 g/mol. The van der Waals surface area contributed by atoms with Gasteiger partial charge in [0.15, 0.2) is 0 Å². The van der Waals surface area contributed by atoms with E-state index in [2.05, 4.69) is 41.2 Å². The molecule has 1 aliphatic rings. The van der Waals surface area contributed by atoms with Crippen molar-refractivity contribution >= 4 is 0 Å². The summed E-state index contributed by atoms with van der Waals surface area (Å²) in [6, 6.07) is 10.2. The first kappa shape index (κ1) is 13.1. The van der Waals surface area contributed by atoms with Crippen LogP contribution in [0.15, 0.2) is 30.3 Å². The zero-order valence-corrected chi connectivity index (χ0v) is 11.2. The van der Waals surface area contributed by atoms with Crippen LogP contribution in [0.25, 0.3) is 0 Å². The SMILES string of the molecule is CN(CC#Cc1ccccc1)CC1CCCNC1. The number of rotatable bonds is 3. The molecule has 1 aliphatic heterocycles. The summed E-state index contributed by atoms with van der Waals surface area (Å²) in [7, 11) is 2.16. The second-order valence-corrected chi connectivity index (χ2v) is 5.08. The molecule has 1 heterocycles. The first-order chi connectivity index (χ1) is 8.84. The molecule has 0 bridgehead atoms. The smallest absolute Gasteiger partial charge is 0.0602 e. The molecule has 2 nitrogen and oxygen atoms in total. The summed E-state index contributed by atoms with van der Waals surface area (Å²) >= 11 is 0. The van der Waals surface area contributed by atoms with Crippen LogP contribution in [-0.2, 0) is 0 Å². The molecule has 1 fully saturated rings. The predicted octanol–water partition coefficient (Wildman–Crippen LogP) is 1.97. The number of hydrogen-bond donors (Lipinski definition) is 1. The Bertz CT molecular complexity index is 396. The van der Waals surface area contributed by atoms with Crippen molar-refractivity contribution in [3.63, 3.8) is 0 Å². The summed E-state index contributed by atoms with van der Waals surface area (Å²) < 4.78 is 0. The minimum absolute atomic E-state index is 0.794. The van der Waals surface area contributed by atoms with Gasteiger partial charge in [-0.25, -0.2) is 0 Å². The normalized spacial score (nSPS) is 19.3. The summed E-state index contributed by atoms with van der Waals surface area (Å²) in [6.45, 7) is 4.35. The molecule has 1 N–H and O–H groups in total. The minimum atomic E-state index is 0.794. The van der Waals surface area contributed by atoms with E-state index in [1.54, 1.807) is 0 Å². The maximum atomic E-state index is 3.46. The van der Waals surface area contributed by atoms with Gasteiger partial charge in [-0.2, -0.15) is 0 Å². The van der Waals surface area contributed by atoms with Crippen LogP contribution in [0.3, 0.4) is 0 Å². The molecule has 2 heteroatoms. The molecule has 1 aromatic carbocycles. The van der Waals surface area contributed by atoms with E-state index in [0.717, 1.165) is 31.1 Å². The third-order valence-corrected chi connectivity index (χ3v) is 3.32. The molecule has 18 heavy (non-hydrogen) atoms. The maximum absolute atomic E-state index is 3.46. The van der Waals surface area contributed by atoms with Crippen molar-refractivity contribution in [3.05, 3.63) is 35.9 Å². The summed E-state index contributed by atoms with van der Waals surface area (Å²) in [6.07, 6.45) is 2.66. The molecule has 0 aromatic heterocycles. The molecule has 0 amide bonds. The van der Waals surface area contributed by atoms with E-state index >= 15 is 0 Å². The number of nitrogens with zero attached hydrogens (tertiary/aromatic N) is 1. The second kappa shape index (κ2) is 7.20. The van der Waals surface area contributed by atoms with Gasteiger partial charge in [-0.15, -0.1) is 0 Å². The summed E-state index contributed by atoms with van der Waals surface area (Å²) in [5.74, 6) is 7.25. The van der Waals surface area contributed by atoms with Crippen LogP contribution in [0.4, 0.5) is 0 Å². The van der Waals surface area contributed by atoms with E-state index in [9.17, 15) is 0 Å². The molecule has 2 rings (SSSR count). The molecule has 0 spiro atoms. The van der Waals surface area contributed by atoms with Crippen LogP contribution in [-0.4, -0.2) is 38.1 Å². The fourth-order valence-corrected chi connectivity index (χ4v) is 2.38. The summed E-state index contributed by atoms with van der Waals surface area (Å²) in [5, 5.41) is 3.46. The van der Waals surface area contributed by atoms with Crippen molar-refractivity contribution in [3.8, 4) is 11.8 Å². The van der Waals surface area contributed by atoms with Crippen molar-refractivity contribution in [2.24, 2.45) is 5.92 Å². The van der Waals surface area contributed by atoms with Crippen LogP contribution >= 0.6 is 0 Å². The van der Waals surface area contributed by atoms with E-state index in [0.29, 0.717) is 0 Å². The van der Waals surface area contributed by atoms with E-state index < -0.39 is 0 Å². The van der Waals surface area contributed by atoms with Crippen molar-refractivity contribution in [2.45, 2.75) is 12.8 Å². The summed E-state index contributed by atoms with van der Waals surface area (Å²) in [5.41, 5.74) is 1.10. The number of nitrogens with one attached hydrogen (secondary N) is 1. The van der Waals surface area contributed by atoms with E-state index in [1.165, 1.54) is 19.4 Å². The zero-order chi connectivity index (χ0) is 12.6. The first-order valence-corrected chi connectivity index (χ1v) is 6.78. The lowest BCUT2D eigenvalue weighted by atomic mass is 9.99. The Balaban J connectivity index is 1.74. The predicted molar refractivity (Wildman–Crippen MR) is 76.4 cm³/mol. The molecule has 0 saturated carbocycles. The van der Waals surface area contributed by atoms with Gasteiger partial charge in [0.05, 0.1) is 6.54 Å². The van der Waals surface area contributed by atoms with Gasteiger partial charge in [0.2, 0.25) is 0 Å². The van der Waals surface area contributed by atoms with Gasteiger partial charge in [0.1, 0.15) is 0 Å². The van der Waals surface area contributed by atoms with Gasteiger partial charge in [-0.05, 0) is 51.0 Å². The fourth-order valence-electron chi connectivity index (χ4n) is 2.38. The van der Waals surface area contributed by atoms with Crippen LogP contribution in [0, 0.1) is 17.8 Å².